The minimum atomic E-state index is 0.173. The van der Waals surface area contributed by atoms with Crippen molar-refractivity contribution in [2.45, 2.75) is 25.3 Å². The molecule has 1 amide bonds. The Hall–Kier alpha value is -2.70. The zero-order chi connectivity index (χ0) is 15.6. The Morgan fingerprint density at radius 1 is 1.30 bits per heavy atom. The highest BCUT2D eigenvalue weighted by molar-refractivity contribution is 5.77. The minimum absolute atomic E-state index is 0.173. The molecule has 7 heteroatoms. The first-order valence-corrected chi connectivity index (χ1v) is 7.86. The molecule has 23 heavy (non-hydrogen) atoms. The maximum absolute atomic E-state index is 12.4. The van der Waals surface area contributed by atoms with Crippen LogP contribution in [0.15, 0.2) is 36.5 Å². The Balaban J connectivity index is 1.37. The Morgan fingerprint density at radius 3 is 3.09 bits per heavy atom. The van der Waals surface area contributed by atoms with Crippen molar-refractivity contribution in [3.63, 3.8) is 0 Å². The Labute approximate surface area is 133 Å². The predicted molar refractivity (Wildman–Crippen MR) is 84.7 cm³/mol. The first kappa shape index (κ1) is 13.9. The summed E-state index contributed by atoms with van der Waals surface area (Å²) in [7, 11) is 0. The monoisotopic (exact) mass is 310 g/mol. The number of amides is 1. The summed E-state index contributed by atoms with van der Waals surface area (Å²) in [5.74, 6) is 0.542. The number of H-pyrrole nitrogens is 1. The number of benzene rings is 1. The van der Waals surface area contributed by atoms with E-state index in [9.17, 15) is 4.79 Å². The molecule has 0 bridgehead atoms. The van der Waals surface area contributed by atoms with Gasteiger partial charge in [0.15, 0.2) is 0 Å². The average molecular weight is 310 g/mol. The van der Waals surface area contributed by atoms with Crippen LogP contribution in [-0.2, 0) is 11.3 Å². The molecule has 0 aliphatic carbocycles. The lowest BCUT2D eigenvalue weighted by molar-refractivity contribution is -0.130. The van der Waals surface area contributed by atoms with Crippen LogP contribution in [-0.4, -0.2) is 49.1 Å². The van der Waals surface area contributed by atoms with Gasteiger partial charge < -0.3 is 4.90 Å². The van der Waals surface area contributed by atoms with Crippen LogP contribution in [0.4, 0.5) is 0 Å². The smallest absolute Gasteiger partial charge is 0.224 e. The highest BCUT2D eigenvalue weighted by Crippen LogP contribution is 2.25. The summed E-state index contributed by atoms with van der Waals surface area (Å²) in [6, 6.07) is 9.78. The largest absolute Gasteiger partial charge is 0.342 e. The van der Waals surface area contributed by atoms with Crippen molar-refractivity contribution in [1.82, 2.24) is 30.1 Å². The third-order valence-corrected chi connectivity index (χ3v) is 4.46. The van der Waals surface area contributed by atoms with Crippen molar-refractivity contribution in [3.05, 3.63) is 42.2 Å². The Morgan fingerprint density at radius 2 is 2.22 bits per heavy atom. The minimum Gasteiger partial charge on any atom is -0.342 e. The van der Waals surface area contributed by atoms with Crippen LogP contribution in [0.3, 0.4) is 0 Å². The van der Waals surface area contributed by atoms with Gasteiger partial charge in [0.2, 0.25) is 5.91 Å². The number of aromatic nitrogens is 5. The number of hydrogen-bond donors (Lipinski definition) is 1. The number of para-hydroxylation sites is 1. The van der Waals surface area contributed by atoms with Gasteiger partial charge in [-0.1, -0.05) is 17.3 Å². The number of aromatic amines is 1. The van der Waals surface area contributed by atoms with Crippen LogP contribution in [0.5, 0.6) is 0 Å². The van der Waals surface area contributed by atoms with Crippen molar-refractivity contribution in [3.8, 4) is 0 Å². The summed E-state index contributed by atoms with van der Waals surface area (Å²) in [5, 5.41) is 15.2. The molecule has 0 saturated carbocycles. The van der Waals surface area contributed by atoms with Gasteiger partial charge in [-0.3, -0.25) is 9.89 Å². The molecule has 3 heterocycles. The third-order valence-electron chi connectivity index (χ3n) is 4.46. The molecule has 3 aromatic rings. The van der Waals surface area contributed by atoms with E-state index in [-0.39, 0.29) is 5.91 Å². The zero-order valence-electron chi connectivity index (χ0n) is 12.7. The van der Waals surface area contributed by atoms with Crippen LogP contribution in [0.2, 0.25) is 0 Å². The van der Waals surface area contributed by atoms with Crippen molar-refractivity contribution in [2.24, 2.45) is 0 Å². The number of nitrogens with zero attached hydrogens (tertiary/aromatic N) is 5. The van der Waals surface area contributed by atoms with Gasteiger partial charge in [0.1, 0.15) is 5.52 Å². The molecule has 1 unspecified atom stereocenters. The van der Waals surface area contributed by atoms with Crippen LogP contribution in [0, 0.1) is 0 Å². The van der Waals surface area contributed by atoms with E-state index in [0.717, 1.165) is 36.2 Å². The van der Waals surface area contributed by atoms with E-state index < -0.39 is 0 Å². The fraction of sp³-hybridized carbons (Fsp3) is 0.375. The van der Waals surface area contributed by atoms with Crippen molar-refractivity contribution in [1.29, 1.82) is 0 Å². The fourth-order valence-corrected chi connectivity index (χ4v) is 3.18. The SMILES string of the molecule is O=C(CCn1nnc2ccccc21)N1CCC(c2ccn[nH]2)C1. The summed E-state index contributed by atoms with van der Waals surface area (Å²) in [4.78, 5) is 14.4. The summed E-state index contributed by atoms with van der Waals surface area (Å²) in [5.41, 5.74) is 2.94. The molecule has 1 aromatic carbocycles. The highest BCUT2D eigenvalue weighted by atomic mass is 16.2. The third kappa shape index (κ3) is 2.69. The second kappa shape index (κ2) is 5.83. The molecular weight excluding hydrogens is 292 g/mol. The topological polar surface area (TPSA) is 79.7 Å². The molecule has 1 aliphatic rings. The fourth-order valence-electron chi connectivity index (χ4n) is 3.18. The van der Waals surface area contributed by atoms with Crippen LogP contribution < -0.4 is 0 Å². The molecule has 2 aromatic heterocycles. The van der Waals surface area contributed by atoms with E-state index in [1.165, 1.54) is 0 Å². The number of fused-ring (bicyclic) bond motifs is 1. The second-order valence-electron chi connectivity index (χ2n) is 5.89. The summed E-state index contributed by atoms with van der Waals surface area (Å²) >= 11 is 0. The first-order valence-electron chi connectivity index (χ1n) is 7.86. The normalized spacial score (nSPS) is 17.9. The first-order chi connectivity index (χ1) is 11.3. The summed E-state index contributed by atoms with van der Waals surface area (Å²) < 4.78 is 1.80. The van der Waals surface area contributed by atoms with Crippen molar-refractivity contribution < 1.29 is 4.79 Å². The number of carbonyl (C=O) groups is 1. The van der Waals surface area contributed by atoms with E-state index in [4.69, 9.17) is 0 Å². The number of rotatable bonds is 4. The van der Waals surface area contributed by atoms with Crippen LogP contribution in [0.25, 0.3) is 11.0 Å². The van der Waals surface area contributed by atoms with Crippen molar-refractivity contribution in [2.75, 3.05) is 13.1 Å². The number of aryl methyl sites for hydroxylation is 1. The summed E-state index contributed by atoms with van der Waals surface area (Å²) in [6.07, 6.45) is 3.19. The molecule has 0 radical (unpaired) electrons. The molecule has 1 saturated heterocycles. The molecular formula is C16H18N6O. The van der Waals surface area contributed by atoms with Crippen LogP contribution >= 0.6 is 0 Å². The van der Waals surface area contributed by atoms with Gasteiger partial charge in [0.25, 0.3) is 0 Å². The van der Waals surface area contributed by atoms with Crippen LogP contribution in [0.1, 0.15) is 24.5 Å². The van der Waals surface area contributed by atoms with Gasteiger partial charge in [-0.15, -0.1) is 5.10 Å². The quantitative estimate of drug-likeness (QED) is 0.793. The molecule has 1 aliphatic heterocycles. The van der Waals surface area contributed by atoms with E-state index >= 15 is 0 Å². The molecule has 4 rings (SSSR count). The lowest BCUT2D eigenvalue weighted by Gasteiger charge is -2.16. The highest BCUT2D eigenvalue weighted by Gasteiger charge is 2.27. The van der Waals surface area contributed by atoms with Gasteiger partial charge >= 0.3 is 0 Å². The molecule has 1 N–H and O–H groups in total. The lowest BCUT2D eigenvalue weighted by Crippen LogP contribution is -2.29. The van der Waals surface area contributed by atoms with Gasteiger partial charge in [0, 0.05) is 37.3 Å². The molecule has 7 nitrogen and oxygen atoms in total. The Kier molecular flexibility index (Phi) is 3.53. The molecule has 118 valence electrons. The van der Waals surface area contributed by atoms with Crippen molar-refractivity contribution >= 4 is 16.9 Å². The number of carbonyl (C=O) groups excluding carboxylic acids is 1. The number of nitrogens with one attached hydrogen (secondary N) is 1. The Bertz CT molecular complexity index is 809. The molecule has 0 spiro atoms. The van der Waals surface area contributed by atoms with Gasteiger partial charge in [-0.25, -0.2) is 4.68 Å². The number of hydrogen-bond acceptors (Lipinski definition) is 4. The summed E-state index contributed by atoms with van der Waals surface area (Å²) in [6.45, 7) is 2.13. The maximum Gasteiger partial charge on any atom is 0.224 e. The van der Waals surface area contributed by atoms with Gasteiger partial charge in [-0.05, 0) is 24.6 Å². The lowest BCUT2D eigenvalue weighted by atomic mass is 10.1. The van der Waals surface area contributed by atoms with Gasteiger partial charge in [0.05, 0.1) is 12.1 Å². The van der Waals surface area contributed by atoms with Gasteiger partial charge in [-0.2, -0.15) is 5.10 Å². The molecule has 1 atom stereocenters. The number of likely N-dealkylation sites (tertiary alicyclic amines) is 1. The standard InChI is InChI=1S/C16H18N6O/c23-16(21-9-6-12(11-21)13-5-8-17-18-13)7-10-22-15-4-2-1-3-14(15)19-20-22/h1-5,8,12H,6-7,9-11H2,(H,17,18). The zero-order valence-corrected chi connectivity index (χ0v) is 12.7. The van der Waals surface area contributed by atoms with E-state index in [2.05, 4.69) is 20.5 Å². The second-order valence-corrected chi connectivity index (χ2v) is 5.89. The van der Waals surface area contributed by atoms with E-state index in [0.29, 0.717) is 18.9 Å². The average Bonchev–Trinajstić information content (AvgIpc) is 3.31. The predicted octanol–water partition coefficient (Wildman–Crippen LogP) is 1.56. The van der Waals surface area contributed by atoms with E-state index in [1.54, 1.807) is 10.9 Å². The molecule has 1 fully saturated rings. The van der Waals surface area contributed by atoms with E-state index in [1.807, 2.05) is 35.2 Å². The maximum atomic E-state index is 12.4.